The van der Waals surface area contributed by atoms with Crippen LogP contribution in [0.15, 0.2) is 91.0 Å². The summed E-state index contributed by atoms with van der Waals surface area (Å²) in [7, 11) is 3.37. The Hall–Kier alpha value is -6.70. The summed E-state index contributed by atoms with van der Waals surface area (Å²) in [4.78, 5) is 116. The first kappa shape index (κ1) is 60.9. The van der Waals surface area contributed by atoms with Gasteiger partial charge in [-0.05, 0) is 108 Å². The lowest BCUT2D eigenvalue weighted by Gasteiger charge is -2.37. The molecule has 7 rings (SSSR count). The number of aliphatic hydroxyl groups excluding tert-OH is 1. The van der Waals surface area contributed by atoms with Crippen LogP contribution in [0.5, 0.6) is 0 Å². The van der Waals surface area contributed by atoms with Gasteiger partial charge in [-0.15, -0.1) is 0 Å². The summed E-state index contributed by atoms with van der Waals surface area (Å²) in [5.74, 6) is -3.59. The summed E-state index contributed by atoms with van der Waals surface area (Å²) in [6.45, 7) is 4.30. The van der Waals surface area contributed by atoms with Crippen molar-refractivity contribution in [2.45, 2.75) is 177 Å². The number of likely N-dealkylation sites (N-methyl/N-ethyl adjacent to an activating group) is 2. The van der Waals surface area contributed by atoms with E-state index in [2.05, 4.69) is 42.5 Å². The molecule has 0 bridgehead atoms. The van der Waals surface area contributed by atoms with Gasteiger partial charge in [0.25, 0.3) is 5.91 Å². The number of carbonyl (C=O) groups excluding carboxylic acids is 8. The summed E-state index contributed by atoms with van der Waals surface area (Å²) in [5.41, 5.74) is 0.345. The largest absolute Gasteiger partial charge is 0.396 e. The number of aliphatic hydroxyl groups is 1. The number of fused-ring (bicyclic) bond motifs is 2. The molecule has 80 heavy (non-hydrogen) atoms. The second kappa shape index (κ2) is 29.7. The summed E-state index contributed by atoms with van der Waals surface area (Å²) in [6.07, 6.45) is 9.26. The van der Waals surface area contributed by atoms with Crippen molar-refractivity contribution in [1.82, 2.24) is 52.3 Å². The van der Waals surface area contributed by atoms with E-state index in [1.54, 1.807) is 48.2 Å². The fourth-order valence-corrected chi connectivity index (χ4v) is 12.5. The third-order valence-corrected chi connectivity index (χ3v) is 17.1. The summed E-state index contributed by atoms with van der Waals surface area (Å²) < 4.78 is 0. The Bertz CT molecular complexity index is 2510. The van der Waals surface area contributed by atoms with E-state index < -0.39 is 65.4 Å². The van der Waals surface area contributed by atoms with E-state index in [4.69, 9.17) is 0 Å². The normalized spacial score (nSPS) is 23.6. The van der Waals surface area contributed by atoms with Crippen molar-refractivity contribution < 1.29 is 43.5 Å². The fourth-order valence-electron chi connectivity index (χ4n) is 12.5. The van der Waals surface area contributed by atoms with E-state index in [0.717, 1.165) is 24.8 Å². The van der Waals surface area contributed by atoms with Gasteiger partial charge in [-0.2, -0.15) is 0 Å². The van der Waals surface area contributed by atoms with Crippen LogP contribution >= 0.6 is 0 Å². The number of nitrogens with zero attached hydrogens (tertiary/aromatic N) is 2. The van der Waals surface area contributed by atoms with Gasteiger partial charge in [0.15, 0.2) is 5.54 Å². The van der Waals surface area contributed by atoms with Crippen LogP contribution in [0, 0.1) is 11.8 Å². The number of hydrogen-bond donors (Lipinski definition) is 9. The summed E-state index contributed by atoms with van der Waals surface area (Å²) in [6, 6.07) is 22.7. The molecule has 434 valence electrons. The van der Waals surface area contributed by atoms with Crippen molar-refractivity contribution in [3.63, 3.8) is 0 Å². The van der Waals surface area contributed by atoms with Gasteiger partial charge in [0.1, 0.15) is 24.2 Å². The maximum absolute atomic E-state index is 14.9. The van der Waals surface area contributed by atoms with Crippen molar-refractivity contribution >= 4 is 47.3 Å². The monoisotopic (exact) mass is 1100 g/mol. The molecule has 0 aromatic heterocycles. The molecule has 0 radical (unpaired) electrons. The Morgan fingerprint density at radius 1 is 0.575 bits per heavy atom. The highest BCUT2D eigenvalue weighted by Crippen LogP contribution is 2.37. The lowest BCUT2D eigenvalue weighted by Crippen LogP contribution is -2.62. The first-order chi connectivity index (χ1) is 38.8. The van der Waals surface area contributed by atoms with Gasteiger partial charge in [-0.3, -0.25) is 38.4 Å². The van der Waals surface area contributed by atoms with Crippen LogP contribution in [0.25, 0.3) is 0 Å². The Balaban J connectivity index is 0.931. The van der Waals surface area contributed by atoms with Crippen LogP contribution in [0.4, 0.5) is 0 Å². The minimum Gasteiger partial charge on any atom is -0.396 e. The topological polar surface area (TPSA) is 260 Å². The first-order valence-corrected chi connectivity index (χ1v) is 29.3. The average molecular weight is 1100 g/mol. The Morgan fingerprint density at radius 2 is 1.05 bits per heavy atom. The third kappa shape index (κ3) is 14.6. The standard InChI is InChI=1S/C61H86N10O9/c1-5-47(62-3)54(74)67-52-41(28-30-45-32-34-49(70(45)58(52)78)56(76)66-37-40-21-13-10-14-22-40)38-65-51(73)27-19-8-7-9-20-36-64-60(80)61(43-23-15-11-16-24-43,44-25-17-12-18-26-44)69-57(77)50-35-33-46-31-29-42(39-72)53(59(79)71(46)50)68-55(75)48(6-2)63-4/h10-18,21-26,41-42,45-50,52-53,62-63,72H,5-9,19-20,27-39H2,1-4H3,(H,64,80)(H,65,73)(H,66,76)(H,67,74)(H,68,75)(H,69,77)/t41-,42-,45+,46+,47+,48+,49+,50+,52+,53+/m1/s1. The minimum absolute atomic E-state index is 0.148. The molecule has 3 aromatic carbocycles. The molecule has 19 nitrogen and oxygen atoms in total. The summed E-state index contributed by atoms with van der Waals surface area (Å²) in [5, 5.41) is 34.7. The molecule has 9 N–H and O–H groups in total. The van der Waals surface area contributed by atoms with E-state index >= 15 is 0 Å². The Labute approximate surface area is 471 Å². The average Bonchev–Trinajstić information content (AvgIpc) is 4.06. The molecular formula is C61H86N10O9. The van der Waals surface area contributed by atoms with Gasteiger partial charge in [0.2, 0.25) is 41.4 Å². The molecular weight excluding hydrogens is 1020 g/mol. The highest BCUT2D eigenvalue weighted by molar-refractivity contribution is 5.99. The number of unbranched alkanes of at least 4 members (excludes halogenated alkanes) is 4. The van der Waals surface area contributed by atoms with Crippen molar-refractivity contribution in [3.05, 3.63) is 108 Å². The van der Waals surface area contributed by atoms with Crippen molar-refractivity contribution in [1.29, 1.82) is 0 Å². The van der Waals surface area contributed by atoms with Crippen molar-refractivity contribution in [3.8, 4) is 0 Å². The van der Waals surface area contributed by atoms with E-state index in [1.165, 1.54) is 0 Å². The lowest BCUT2D eigenvalue weighted by atomic mass is 9.81. The van der Waals surface area contributed by atoms with Crippen LogP contribution in [-0.2, 0) is 50.4 Å². The molecule has 4 saturated heterocycles. The van der Waals surface area contributed by atoms with Gasteiger partial charge >= 0.3 is 0 Å². The third-order valence-electron chi connectivity index (χ3n) is 17.1. The molecule has 4 fully saturated rings. The molecule has 0 unspecified atom stereocenters. The van der Waals surface area contributed by atoms with Crippen LogP contribution in [0.3, 0.4) is 0 Å². The molecule has 4 aliphatic heterocycles. The molecule has 0 saturated carbocycles. The van der Waals surface area contributed by atoms with Crippen LogP contribution in [-0.4, -0.2) is 144 Å². The maximum atomic E-state index is 14.9. The van der Waals surface area contributed by atoms with Crippen molar-refractivity contribution in [2.75, 3.05) is 33.8 Å². The van der Waals surface area contributed by atoms with E-state index in [9.17, 15) is 43.5 Å². The van der Waals surface area contributed by atoms with Crippen LogP contribution in [0.1, 0.15) is 133 Å². The SMILES string of the molecule is CC[C@H](NC)C(=O)N[C@@H]1C(=O)N2[C@@H](CC[C@@H]1CNC(=O)CCCCCCCNC(=O)C(NC(=O)[C@@H]1CC[C@@H]3CC[C@H](CO)[C@H](NC(=O)[C@H](CC)NC)C(=O)N31)(c1ccccc1)c1ccccc1)CC[C@H]2C(=O)NCc1ccccc1. The van der Waals surface area contributed by atoms with Gasteiger partial charge in [0.05, 0.1) is 12.1 Å². The number of rotatable bonds is 27. The molecule has 0 aliphatic carbocycles. The van der Waals surface area contributed by atoms with Crippen molar-refractivity contribution in [2.24, 2.45) is 11.8 Å². The molecule has 4 heterocycles. The lowest BCUT2D eigenvalue weighted by molar-refractivity contribution is -0.145. The van der Waals surface area contributed by atoms with Crippen LogP contribution in [0.2, 0.25) is 0 Å². The van der Waals surface area contributed by atoms with Gasteiger partial charge < -0.3 is 57.4 Å². The second-order valence-electron chi connectivity index (χ2n) is 22.1. The highest BCUT2D eigenvalue weighted by Gasteiger charge is 2.52. The quantitative estimate of drug-likeness (QED) is 0.0500. The van der Waals surface area contributed by atoms with Gasteiger partial charge in [-0.25, -0.2) is 0 Å². The number of hydrogen-bond acceptors (Lipinski definition) is 11. The number of benzene rings is 3. The number of nitrogens with one attached hydrogen (secondary N) is 8. The van der Waals surface area contributed by atoms with E-state index in [0.29, 0.717) is 101 Å². The molecule has 8 amide bonds. The molecule has 10 atom stereocenters. The Kier molecular flexibility index (Phi) is 22.6. The zero-order valence-electron chi connectivity index (χ0n) is 47.2. The predicted molar refractivity (Wildman–Crippen MR) is 304 cm³/mol. The van der Waals surface area contributed by atoms with E-state index in [-0.39, 0.29) is 67.1 Å². The minimum atomic E-state index is -1.68. The van der Waals surface area contributed by atoms with Gasteiger partial charge in [0, 0.05) is 56.6 Å². The number of amides is 8. The van der Waals surface area contributed by atoms with Gasteiger partial charge in [-0.1, -0.05) is 124 Å². The Morgan fingerprint density at radius 3 is 1.57 bits per heavy atom. The maximum Gasteiger partial charge on any atom is 0.255 e. The molecule has 3 aromatic rings. The first-order valence-electron chi connectivity index (χ1n) is 29.3. The smallest absolute Gasteiger partial charge is 0.255 e. The molecule has 19 heteroatoms. The predicted octanol–water partition coefficient (Wildman–Crippen LogP) is 3.43. The zero-order valence-corrected chi connectivity index (χ0v) is 47.2. The van der Waals surface area contributed by atoms with Crippen LogP contribution < -0.4 is 42.5 Å². The second-order valence-corrected chi connectivity index (χ2v) is 22.1. The summed E-state index contributed by atoms with van der Waals surface area (Å²) >= 11 is 0. The zero-order chi connectivity index (χ0) is 57.2. The fraction of sp³-hybridized carbons (Fsp3) is 0.574. The highest BCUT2D eigenvalue weighted by atomic mass is 16.3. The molecule has 0 spiro atoms. The molecule has 4 aliphatic rings. The number of carbonyl (C=O) groups is 8. The van der Waals surface area contributed by atoms with E-state index in [1.807, 2.05) is 80.6 Å².